The van der Waals surface area contributed by atoms with E-state index in [0.29, 0.717) is 12.6 Å². The summed E-state index contributed by atoms with van der Waals surface area (Å²) in [6.45, 7) is 5.39. The van der Waals surface area contributed by atoms with Crippen molar-refractivity contribution in [3.05, 3.63) is 23.8 Å². The number of halogens is 1. The first kappa shape index (κ1) is 21.8. The Balaban J connectivity index is 0.00000312. The van der Waals surface area contributed by atoms with Crippen molar-refractivity contribution in [3.63, 3.8) is 0 Å². The largest absolute Gasteiger partial charge is 0.493 e. The van der Waals surface area contributed by atoms with Crippen LogP contribution in [-0.4, -0.2) is 57.9 Å². The minimum atomic E-state index is 0. The summed E-state index contributed by atoms with van der Waals surface area (Å²) in [6.07, 6.45) is 2.46. The number of hydrogen-bond donors (Lipinski definition) is 1. The van der Waals surface area contributed by atoms with E-state index in [2.05, 4.69) is 15.2 Å². The van der Waals surface area contributed by atoms with Crippen molar-refractivity contribution in [1.29, 1.82) is 0 Å². The Morgan fingerprint density at radius 3 is 2.52 bits per heavy atom. The molecule has 142 valence electrons. The maximum Gasteiger partial charge on any atom is 0.193 e. The molecule has 1 fully saturated rings. The molecule has 0 aliphatic carbocycles. The van der Waals surface area contributed by atoms with E-state index in [4.69, 9.17) is 14.2 Å². The average molecular weight is 463 g/mol. The number of ether oxygens (including phenoxy) is 3. The van der Waals surface area contributed by atoms with Gasteiger partial charge in [0.05, 0.1) is 20.3 Å². The third-order valence-corrected chi connectivity index (χ3v) is 4.28. The molecule has 0 saturated carbocycles. The molecule has 1 aromatic rings. The van der Waals surface area contributed by atoms with Crippen LogP contribution in [0.3, 0.4) is 0 Å². The molecule has 6 nitrogen and oxygen atoms in total. The number of benzene rings is 1. The summed E-state index contributed by atoms with van der Waals surface area (Å²) in [5, 5.41) is 3.43. The van der Waals surface area contributed by atoms with Crippen LogP contribution in [0.15, 0.2) is 23.2 Å². The fourth-order valence-electron chi connectivity index (χ4n) is 3.07. The number of guanidine groups is 1. The number of likely N-dealkylation sites (tertiary alicyclic amines) is 1. The summed E-state index contributed by atoms with van der Waals surface area (Å²) < 4.78 is 16.6. The maximum absolute atomic E-state index is 5.71. The second-order valence-electron chi connectivity index (χ2n) is 5.70. The van der Waals surface area contributed by atoms with Gasteiger partial charge in [-0.1, -0.05) is 12.1 Å². The Morgan fingerprint density at radius 1 is 1.24 bits per heavy atom. The van der Waals surface area contributed by atoms with Gasteiger partial charge < -0.3 is 24.4 Å². The van der Waals surface area contributed by atoms with Crippen LogP contribution < -0.4 is 14.8 Å². The van der Waals surface area contributed by atoms with Gasteiger partial charge in [0.25, 0.3) is 0 Å². The highest BCUT2D eigenvalue weighted by Gasteiger charge is 2.21. The first-order valence-electron chi connectivity index (χ1n) is 8.50. The van der Waals surface area contributed by atoms with Crippen molar-refractivity contribution in [2.75, 3.05) is 41.0 Å². The van der Waals surface area contributed by atoms with Gasteiger partial charge in [-0.15, -0.1) is 24.0 Å². The smallest absolute Gasteiger partial charge is 0.193 e. The van der Waals surface area contributed by atoms with E-state index in [1.54, 1.807) is 14.2 Å². The van der Waals surface area contributed by atoms with Crippen molar-refractivity contribution in [1.82, 2.24) is 10.2 Å². The Morgan fingerprint density at radius 2 is 1.96 bits per heavy atom. The standard InChI is InChI=1S/C18H29N3O3.HI/c1-5-24-15-9-11-21(12-10-15)18(19-2)20-13-14-7-6-8-16(22-3)17(14)23-4;/h6-8,15H,5,9-13H2,1-4H3,(H,19,20);1H. The van der Waals surface area contributed by atoms with Crippen molar-refractivity contribution in [2.45, 2.75) is 32.4 Å². The Hall–Kier alpha value is -1.22. The van der Waals surface area contributed by atoms with Crippen LogP contribution in [0.25, 0.3) is 0 Å². The molecule has 0 atom stereocenters. The lowest BCUT2D eigenvalue weighted by Gasteiger charge is -2.34. The molecule has 1 aliphatic heterocycles. The molecule has 0 bridgehead atoms. The molecule has 1 heterocycles. The predicted octanol–water partition coefficient (Wildman–Crippen LogP) is 2.90. The van der Waals surface area contributed by atoms with Gasteiger partial charge in [-0.25, -0.2) is 0 Å². The van der Waals surface area contributed by atoms with Crippen LogP contribution in [0.5, 0.6) is 11.5 Å². The van der Waals surface area contributed by atoms with E-state index >= 15 is 0 Å². The first-order valence-corrected chi connectivity index (χ1v) is 8.50. The summed E-state index contributed by atoms with van der Waals surface area (Å²) >= 11 is 0. The quantitative estimate of drug-likeness (QED) is 0.400. The monoisotopic (exact) mass is 463 g/mol. The second kappa shape index (κ2) is 11.4. The van der Waals surface area contributed by atoms with Gasteiger partial charge in [0.2, 0.25) is 0 Å². The number of rotatable bonds is 6. The molecule has 2 rings (SSSR count). The van der Waals surface area contributed by atoms with Gasteiger partial charge in [0, 0.05) is 38.9 Å². The molecule has 0 aromatic heterocycles. The number of nitrogens with zero attached hydrogens (tertiary/aromatic N) is 2. The Bertz CT molecular complexity index is 546. The summed E-state index contributed by atoms with van der Waals surface area (Å²) in [5.74, 6) is 2.41. The first-order chi connectivity index (χ1) is 11.7. The van der Waals surface area contributed by atoms with Crippen molar-refractivity contribution in [2.24, 2.45) is 4.99 Å². The number of methoxy groups -OCH3 is 2. The lowest BCUT2D eigenvalue weighted by atomic mass is 10.1. The zero-order valence-electron chi connectivity index (χ0n) is 15.6. The van der Waals surface area contributed by atoms with E-state index in [0.717, 1.165) is 55.6 Å². The van der Waals surface area contributed by atoms with Crippen LogP contribution >= 0.6 is 24.0 Å². The number of hydrogen-bond acceptors (Lipinski definition) is 4. The molecule has 0 spiro atoms. The summed E-state index contributed by atoms with van der Waals surface area (Å²) in [4.78, 5) is 6.69. The van der Waals surface area contributed by atoms with E-state index in [1.165, 1.54) is 0 Å². The summed E-state index contributed by atoms with van der Waals surface area (Å²) in [6, 6.07) is 5.90. The molecule has 1 aliphatic rings. The van der Waals surface area contributed by atoms with Gasteiger partial charge >= 0.3 is 0 Å². The topological polar surface area (TPSA) is 55.3 Å². The molecule has 0 unspecified atom stereocenters. The molecular weight excluding hydrogens is 433 g/mol. The fraction of sp³-hybridized carbons (Fsp3) is 0.611. The lowest BCUT2D eigenvalue weighted by Crippen LogP contribution is -2.46. The molecular formula is C18H30IN3O3. The highest BCUT2D eigenvalue weighted by Crippen LogP contribution is 2.30. The van der Waals surface area contributed by atoms with Crippen LogP contribution in [0, 0.1) is 0 Å². The fourth-order valence-corrected chi connectivity index (χ4v) is 3.07. The maximum atomic E-state index is 5.71. The van der Waals surface area contributed by atoms with Gasteiger partial charge in [-0.05, 0) is 25.8 Å². The number of para-hydroxylation sites is 1. The molecule has 1 aromatic carbocycles. The number of nitrogens with one attached hydrogen (secondary N) is 1. The molecule has 0 amide bonds. The molecule has 25 heavy (non-hydrogen) atoms. The van der Waals surface area contributed by atoms with Gasteiger partial charge in [0.15, 0.2) is 17.5 Å². The average Bonchev–Trinajstić information content (AvgIpc) is 2.63. The van der Waals surface area contributed by atoms with Gasteiger partial charge in [-0.2, -0.15) is 0 Å². The number of aliphatic imine (C=N–C) groups is 1. The Labute approximate surface area is 167 Å². The molecule has 1 N–H and O–H groups in total. The highest BCUT2D eigenvalue weighted by molar-refractivity contribution is 14.0. The predicted molar refractivity (Wildman–Crippen MR) is 111 cm³/mol. The van der Waals surface area contributed by atoms with E-state index in [9.17, 15) is 0 Å². The van der Waals surface area contributed by atoms with Crippen LogP contribution in [0.2, 0.25) is 0 Å². The highest BCUT2D eigenvalue weighted by atomic mass is 127. The van der Waals surface area contributed by atoms with E-state index < -0.39 is 0 Å². The zero-order valence-corrected chi connectivity index (χ0v) is 17.9. The Kier molecular flexibility index (Phi) is 9.96. The van der Waals surface area contributed by atoms with Gasteiger partial charge in [-0.3, -0.25) is 4.99 Å². The van der Waals surface area contributed by atoms with Crippen molar-refractivity contribution in [3.8, 4) is 11.5 Å². The summed E-state index contributed by atoms with van der Waals surface area (Å²) in [5.41, 5.74) is 1.04. The number of piperidine rings is 1. The normalized spacial score (nSPS) is 15.5. The van der Waals surface area contributed by atoms with Crippen LogP contribution in [0.1, 0.15) is 25.3 Å². The van der Waals surface area contributed by atoms with E-state index in [1.807, 2.05) is 32.2 Å². The van der Waals surface area contributed by atoms with Crippen molar-refractivity contribution >= 4 is 29.9 Å². The minimum Gasteiger partial charge on any atom is -0.493 e. The third kappa shape index (κ3) is 5.91. The van der Waals surface area contributed by atoms with Crippen LogP contribution in [0.4, 0.5) is 0 Å². The zero-order chi connectivity index (χ0) is 17.4. The van der Waals surface area contributed by atoms with Crippen LogP contribution in [-0.2, 0) is 11.3 Å². The molecule has 7 heteroatoms. The third-order valence-electron chi connectivity index (χ3n) is 4.28. The SMILES string of the molecule is CCOC1CCN(C(=NC)NCc2cccc(OC)c2OC)CC1.I. The van der Waals surface area contributed by atoms with Gasteiger partial charge in [0.1, 0.15) is 0 Å². The van der Waals surface area contributed by atoms with E-state index in [-0.39, 0.29) is 24.0 Å². The lowest BCUT2D eigenvalue weighted by molar-refractivity contribution is 0.0263. The second-order valence-corrected chi connectivity index (χ2v) is 5.70. The summed E-state index contributed by atoms with van der Waals surface area (Å²) in [7, 11) is 5.13. The van der Waals surface area contributed by atoms with Crippen molar-refractivity contribution < 1.29 is 14.2 Å². The molecule has 1 saturated heterocycles. The minimum absolute atomic E-state index is 0. The molecule has 0 radical (unpaired) electrons.